The van der Waals surface area contributed by atoms with Gasteiger partial charge in [-0.2, -0.15) is 5.10 Å². The molecule has 1 unspecified atom stereocenters. The molecule has 0 fully saturated rings. The van der Waals surface area contributed by atoms with Gasteiger partial charge in [0.15, 0.2) is 0 Å². The number of nitrogens with one attached hydrogen (secondary N) is 1. The van der Waals surface area contributed by atoms with E-state index in [2.05, 4.69) is 42.8 Å². The molecule has 1 N–H and O–H groups in total. The first-order valence-corrected chi connectivity index (χ1v) is 7.45. The average Bonchev–Trinajstić information content (AvgIpc) is 2.69. The number of hydrogen-bond acceptors (Lipinski definition) is 4. The predicted octanol–water partition coefficient (Wildman–Crippen LogP) is 2.22. The van der Waals surface area contributed by atoms with Crippen molar-refractivity contribution in [3.63, 3.8) is 0 Å². The molecule has 1 aromatic rings. The van der Waals surface area contributed by atoms with Gasteiger partial charge in [0.05, 0.1) is 18.9 Å². The fourth-order valence-electron chi connectivity index (χ4n) is 2.52. The Bertz CT molecular complexity index is 391. The lowest BCUT2D eigenvalue weighted by Gasteiger charge is -2.13. The molecule has 1 atom stereocenters. The minimum atomic E-state index is 0.353. The lowest BCUT2D eigenvalue weighted by molar-refractivity contribution is 0.0676. The van der Waals surface area contributed by atoms with Gasteiger partial charge in [-0.3, -0.25) is 4.68 Å². The highest BCUT2D eigenvalue weighted by molar-refractivity contribution is 5.27. The third-order valence-electron chi connectivity index (χ3n) is 3.47. The molecule has 0 aromatic carbocycles. The number of aromatic nitrogens is 2. The van der Waals surface area contributed by atoms with Gasteiger partial charge >= 0.3 is 0 Å². The first kappa shape index (κ1) is 17.1. The van der Waals surface area contributed by atoms with Crippen molar-refractivity contribution in [2.24, 2.45) is 0 Å². The zero-order valence-corrected chi connectivity index (χ0v) is 13.5. The van der Waals surface area contributed by atoms with Gasteiger partial charge in [0.25, 0.3) is 0 Å². The Morgan fingerprint density at radius 3 is 2.65 bits per heavy atom. The fourth-order valence-corrected chi connectivity index (χ4v) is 2.52. The maximum absolute atomic E-state index is 5.48. The summed E-state index contributed by atoms with van der Waals surface area (Å²) in [4.78, 5) is 0. The summed E-state index contributed by atoms with van der Waals surface area (Å²) in [6.45, 7) is 12.5. The molecule has 0 aliphatic carbocycles. The van der Waals surface area contributed by atoms with E-state index in [1.165, 1.54) is 11.3 Å². The summed E-state index contributed by atoms with van der Waals surface area (Å²) < 4.78 is 12.5. The second-order valence-electron chi connectivity index (χ2n) is 5.05. The number of hydrogen-bond donors (Lipinski definition) is 1. The molecule has 116 valence electrons. The van der Waals surface area contributed by atoms with Crippen LogP contribution in [0.1, 0.15) is 43.3 Å². The van der Waals surface area contributed by atoms with Crippen LogP contribution in [0.3, 0.4) is 0 Å². The van der Waals surface area contributed by atoms with E-state index in [1.807, 2.05) is 0 Å². The highest BCUT2D eigenvalue weighted by Gasteiger charge is 2.16. The summed E-state index contributed by atoms with van der Waals surface area (Å²) in [5.74, 6) is 0. The topological polar surface area (TPSA) is 48.3 Å². The second-order valence-corrected chi connectivity index (χ2v) is 5.05. The standard InChI is InChI=1S/C15H29N3O2/c1-6-16-12(2)15-13(3)17-18(14(15)4)8-7-9-20-11-10-19-5/h12,16H,6-11H2,1-5H3. The first-order valence-electron chi connectivity index (χ1n) is 7.45. The Morgan fingerprint density at radius 2 is 2.00 bits per heavy atom. The van der Waals surface area contributed by atoms with Crippen LogP contribution in [0.25, 0.3) is 0 Å². The Balaban J connectivity index is 2.49. The summed E-state index contributed by atoms with van der Waals surface area (Å²) in [5, 5.41) is 8.10. The average molecular weight is 283 g/mol. The van der Waals surface area contributed by atoms with Gasteiger partial charge < -0.3 is 14.8 Å². The molecule has 1 aromatic heterocycles. The van der Waals surface area contributed by atoms with E-state index < -0.39 is 0 Å². The zero-order valence-electron chi connectivity index (χ0n) is 13.5. The number of ether oxygens (including phenoxy) is 2. The van der Waals surface area contributed by atoms with E-state index in [0.29, 0.717) is 19.3 Å². The molecule has 0 saturated carbocycles. The summed E-state index contributed by atoms with van der Waals surface area (Å²) in [7, 11) is 1.69. The smallest absolute Gasteiger partial charge is 0.0700 e. The highest BCUT2D eigenvalue weighted by Crippen LogP contribution is 2.21. The highest BCUT2D eigenvalue weighted by atomic mass is 16.5. The molecule has 1 rings (SSSR count). The van der Waals surface area contributed by atoms with Crippen LogP contribution >= 0.6 is 0 Å². The Hall–Kier alpha value is -0.910. The minimum Gasteiger partial charge on any atom is -0.382 e. The molecule has 1 heterocycles. The van der Waals surface area contributed by atoms with Crippen molar-refractivity contribution in [1.82, 2.24) is 15.1 Å². The van der Waals surface area contributed by atoms with Crippen LogP contribution in [0.4, 0.5) is 0 Å². The summed E-state index contributed by atoms with van der Waals surface area (Å²) in [6, 6.07) is 0.353. The summed E-state index contributed by atoms with van der Waals surface area (Å²) >= 11 is 0. The number of nitrogens with zero attached hydrogens (tertiary/aromatic N) is 2. The number of aryl methyl sites for hydroxylation is 2. The molecule has 0 bridgehead atoms. The van der Waals surface area contributed by atoms with E-state index in [9.17, 15) is 0 Å². The van der Waals surface area contributed by atoms with Crippen molar-refractivity contribution < 1.29 is 9.47 Å². The van der Waals surface area contributed by atoms with Crippen LogP contribution in [-0.4, -0.2) is 43.3 Å². The van der Waals surface area contributed by atoms with Crippen LogP contribution in [0.2, 0.25) is 0 Å². The van der Waals surface area contributed by atoms with Crippen molar-refractivity contribution in [3.8, 4) is 0 Å². The van der Waals surface area contributed by atoms with Crippen molar-refractivity contribution in [2.75, 3.05) is 33.5 Å². The number of rotatable bonds is 10. The van der Waals surface area contributed by atoms with E-state index in [1.54, 1.807) is 7.11 Å². The molecule has 0 aliphatic rings. The first-order chi connectivity index (χ1) is 9.61. The zero-order chi connectivity index (χ0) is 15.0. The Morgan fingerprint density at radius 1 is 1.25 bits per heavy atom. The van der Waals surface area contributed by atoms with Crippen molar-refractivity contribution >= 4 is 0 Å². The molecular formula is C15H29N3O2. The van der Waals surface area contributed by atoms with Crippen LogP contribution < -0.4 is 5.32 Å². The Kier molecular flexibility index (Phi) is 7.80. The lowest BCUT2D eigenvalue weighted by atomic mass is 10.1. The van der Waals surface area contributed by atoms with Crippen LogP contribution in [0.5, 0.6) is 0 Å². The number of methoxy groups -OCH3 is 1. The lowest BCUT2D eigenvalue weighted by Crippen LogP contribution is -2.19. The maximum Gasteiger partial charge on any atom is 0.0700 e. The molecule has 0 radical (unpaired) electrons. The summed E-state index contributed by atoms with van der Waals surface area (Å²) in [5.41, 5.74) is 3.70. The molecule has 5 heteroatoms. The molecule has 0 aliphatic heterocycles. The van der Waals surface area contributed by atoms with Gasteiger partial charge in [0.2, 0.25) is 0 Å². The maximum atomic E-state index is 5.48. The van der Waals surface area contributed by atoms with Crippen LogP contribution in [-0.2, 0) is 16.0 Å². The van der Waals surface area contributed by atoms with E-state index in [-0.39, 0.29) is 0 Å². The quantitative estimate of drug-likeness (QED) is 0.669. The molecule has 0 saturated heterocycles. The molecular weight excluding hydrogens is 254 g/mol. The Labute approximate surface area is 122 Å². The predicted molar refractivity (Wildman–Crippen MR) is 81.1 cm³/mol. The van der Waals surface area contributed by atoms with Crippen molar-refractivity contribution in [1.29, 1.82) is 0 Å². The monoisotopic (exact) mass is 283 g/mol. The van der Waals surface area contributed by atoms with Crippen LogP contribution in [0.15, 0.2) is 0 Å². The minimum absolute atomic E-state index is 0.353. The third kappa shape index (κ3) is 4.89. The van der Waals surface area contributed by atoms with Crippen molar-refractivity contribution in [2.45, 2.75) is 46.7 Å². The second kappa shape index (κ2) is 9.10. The largest absolute Gasteiger partial charge is 0.382 e. The van der Waals surface area contributed by atoms with E-state index in [4.69, 9.17) is 9.47 Å². The van der Waals surface area contributed by atoms with Gasteiger partial charge in [0.1, 0.15) is 0 Å². The molecule has 20 heavy (non-hydrogen) atoms. The fraction of sp³-hybridized carbons (Fsp3) is 0.800. The van der Waals surface area contributed by atoms with Gasteiger partial charge in [-0.1, -0.05) is 6.92 Å². The summed E-state index contributed by atoms with van der Waals surface area (Å²) in [6.07, 6.45) is 0.973. The normalized spacial score (nSPS) is 12.8. The van der Waals surface area contributed by atoms with E-state index in [0.717, 1.165) is 31.8 Å². The van der Waals surface area contributed by atoms with Crippen LogP contribution in [0, 0.1) is 13.8 Å². The van der Waals surface area contributed by atoms with Gasteiger partial charge in [-0.15, -0.1) is 0 Å². The molecule has 5 nitrogen and oxygen atoms in total. The molecule has 0 amide bonds. The van der Waals surface area contributed by atoms with Gasteiger partial charge in [-0.05, 0) is 33.7 Å². The van der Waals surface area contributed by atoms with Gasteiger partial charge in [0, 0.05) is 37.6 Å². The molecule has 0 spiro atoms. The SMILES string of the molecule is CCNC(C)c1c(C)nn(CCCOCCOC)c1C. The van der Waals surface area contributed by atoms with Crippen molar-refractivity contribution in [3.05, 3.63) is 17.0 Å². The van der Waals surface area contributed by atoms with Gasteiger partial charge in [-0.25, -0.2) is 0 Å². The van der Waals surface area contributed by atoms with E-state index >= 15 is 0 Å². The third-order valence-corrected chi connectivity index (χ3v) is 3.47.